The van der Waals surface area contributed by atoms with Crippen molar-refractivity contribution in [1.29, 1.82) is 0 Å². The third-order valence-corrected chi connectivity index (χ3v) is 9.30. The van der Waals surface area contributed by atoms with Gasteiger partial charge in [-0.1, -0.05) is 6.92 Å². The second-order valence-corrected chi connectivity index (χ2v) is 11.5. The Kier molecular flexibility index (Phi) is 7.15. The number of amides is 1. The van der Waals surface area contributed by atoms with E-state index in [0.717, 1.165) is 0 Å². The Morgan fingerprint density at radius 1 is 1.16 bits per heavy atom. The maximum absolute atomic E-state index is 13.4. The number of ether oxygens (including phenoxy) is 2. The molecule has 3 rings (SSSR count). The molecule has 0 radical (unpaired) electrons. The summed E-state index contributed by atoms with van der Waals surface area (Å²) in [5.74, 6) is -2.29. The van der Waals surface area contributed by atoms with E-state index in [0.29, 0.717) is 17.1 Å². The highest BCUT2D eigenvalue weighted by atomic mass is 32.2. The molecule has 0 bridgehead atoms. The van der Waals surface area contributed by atoms with E-state index in [2.05, 4.69) is 0 Å². The van der Waals surface area contributed by atoms with Gasteiger partial charge in [0.15, 0.2) is 0 Å². The average molecular weight is 489 g/mol. The van der Waals surface area contributed by atoms with Gasteiger partial charge in [0.2, 0.25) is 26.0 Å². The van der Waals surface area contributed by atoms with Crippen LogP contribution in [0.1, 0.15) is 33.6 Å². The Labute approximate surface area is 188 Å². The summed E-state index contributed by atoms with van der Waals surface area (Å²) in [5, 5.41) is 0. The molecule has 1 unspecified atom stereocenters. The highest BCUT2D eigenvalue weighted by Gasteiger charge is 2.43. The van der Waals surface area contributed by atoms with Gasteiger partial charge in [0, 0.05) is 13.1 Å². The van der Waals surface area contributed by atoms with Crippen molar-refractivity contribution in [2.45, 2.75) is 38.5 Å². The second-order valence-electron chi connectivity index (χ2n) is 7.78. The summed E-state index contributed by atoms with van der Waals surface area (Å²) in [6.45, 7) is 5.61. The summed E-state index contributed by atoms with van der Waals surface area (Å²) >= 11 is 0. The van der Waals surface area contributed by atoms with E-state index in [9.17, 15) is 26.4 Å². The second kappa shape index (κ2) is 9.36. The molecule has 2 aliphatic heterocycles. The van der Waals surface area contributed by atoms with Gasteiger partial charge in [-0.3, -0.25) is 9.59 Å². The fourth-order valence-corrected chi connectivity index (χ4v) is 7.35. The van der Waals surface area contributed by atoms with Crippen molar-refractivity contribution < 1.29 is 35.9 Å². The number of hydrogen-bond donors (Lipinski definition) is 0. The molecular formula is C20H28N2O8S2. The Bertz CT molecular complexity index is 1090. The zero-order valence-corrected chi connectivity index (χ0v) is 19.9. The van der Waals surface area contributed by atoms with Crippen LogP contribution in [-0.2, 0) is 34.4 Å². The summed E-state index contributed by atoms with van der Waals surface area (Å²) in [7, 11) is -7.96. The molecule has 32 heavy (non-hydrogen) atoms. The van der Waals surface area contributed by atoms with Crippen molar-refractivity contribution in [2.24, 2.45) is 11.8 Å². The fraction of sp³-hybridized carbons (Fsp3) is 0.600. The Morgan fingerprint density at radius 2 is 1.81 bits per heavy atom. The van der Waals surface area contributed by atoms with E-state index in [4.69, 9.17) is 9.47 Å². The van der Waals surface area contributed by atoms with Gasteiger partial charge in [-0.25, -0.2) is 21.1 Å². The number of nitrogens with zero attached hydrogens (tertiary/aromatic N) is 2. The van der Waals surface area contributed by atoms with Gasteiger partial charge < -0.3 is 9.47 Å². The number of piperidine rings is 1. The van der Waals surface area contributed by atoms with Gasteiger partial charge in [-0.05, 0) is 44.9 Å². The summed E-state index contributed by atoms with van der Waals surface area (Å²) < 4.78 is 64.3. The number of carbonyl (C=O) groups excluding carboxylic acids is 2. The number of anilines is 1. The molecule has 1 amide bonds. The quantitative estimate of drug-likeness (QED) is 0.527. The number of esters is 1. The highest BCUT2D eigenvalue weighted by Crippen LogP contribution is 2.36. The summed E-state index contributed by atoms with van der Waals surface area (Å²) in [6.07, 6.45) is 0.635. The first-order valence-corrected chi connectivity index (χ1v) is 13.6. The van der Waals surface area contributed by atoms with Gasteiger partial charge in [0.1, 0.15) is 10.6 Å². The number of rotatable bonds is 7. The van der Waals surface area contributed by atoms with Gasteiger partial charge >= 0.3 is 5.97 Å². The van der Waals surface area contributed by atoms with Crippen molar-refractivity contribution in [3.05, 3.63) is 18.2 Å². The van der Waals surface area contributed by atoms with Crippen molar-refractivity contribution in [3.8, 4) is 5.75 Å². The molecule has 12 heteroatoms. The molecule has 0 aliphatic carbocycles. The summed E-state index contributed by atoms with van der Waals surface area (Å²) in [6, 6.07) is 3.90. The standard InChI is InChI=1S/C20H28N2O8S2/c1-4-29-17-7-6-16(22-19(23)14(3)13-31(22,25)26)12-18(17)32(27,28)21-10-8-15(9-11-21)20(24)30-5-2/h6-7,12,14-15H,4-5,8-11,13H2,1-3H3. The number of carbonyl (C=O) groups is 2. The maximum atomic E-state index is 13.4. The van der Waals surface area contributed by atoms with Crippen LogP contribution < -0.4 is 9.04 Å². The lowest BCUT2D eigenvalue weighted by atomic mass is 9.98. The summed E-state index contributed by atoms with van der Waals surface area (Å²) in [5.41, 5.74) is -0.0391. The van der Waals surface area contributed by atoms with Crippen LogP contribution in [0.4, 0.5) is 5.69 Å². The zero-order valence-electron chi connectivity index (χ0n) is 18.3. The third-order valence-electron chi connectivity index (χ3n) is 5.51. The van der Waals surface area contributed by atoms with Crippen LogP contribution in [0.5, 0.6) is 5.75 Å². The molecule has 2 fully saturated rings. The van der Waals surface area contributed by atoms with Crippen molar-refractivity contribution in [3.63, 3.8) is 0 Å². The van der Waals surface area contributed by atoms with E-state index < -0.39 is 31.9 Å². The molecule has 2 aliphatic rings. The molecule has 0 aromatic heterocycles. The predicted molar refractivity (Wildman–Crippen MR) is 116 cm³/mol. The van der Waals surface area contributed by atoms with Crippen LogP contribution in [0, 0.1) is 11.8 Å². The first-order valence-electron chi connectivity index (χ1n) is 10.5. The topological polar surface area (TPSA) is 127 Å². The van der Waals surface area contributed by atoms with Crippen LogP contribution in [0.2, 0.25) is 0 Å². The van der Waals surface area contributed by atoms with Crippen molar-refractivity contribution in [1.82, 2.24) is 4.31 Å². The molecule has 1 aromatic carbocycles. The minimum absolute atomic E-state index is 0.0391. The van der Waals surface area contributed by atoms with Crippen molar-refractivity contribution in [2.75, 3.05) is 36.4 Å². The normalized spacial score (nSPS) is 22.2. The average Bonchev–Trinajstić information content (AvgIpc) is 2.95. The molecular weight excluding hydrogens is 460 g/mol. The van der Waals surface area contributed by atoms with E-state index in [1.165, 1.54) is 29.4 Å². The zero-order chi connectivity index (χ0) is 23.7. The maximum Gasteiger partial charge on any atom is 0.309 e. The molecule has 178 valence electrons. The van der Waals surface area contributed by atoms with E-state index >= 15 is 0 Å². The number of benzene rings is 1. The molecule has 0 saturated carbocycles. The highest BCUT2D eigenvalue weighted by molar-refractivity contribution is 7.94. The largest absolute Gasteiger partial charge is 0.492 e. The first kappa shape index (κ1) is 24.5. The predicted octanol–water partition coefficient (Wildman–Crippen LogP) is 1.36. The van der Waals surface area contributed by atoms with Gasteiger partial charge in [-0.2, -0.15) is 4.31 Å². The number of hydrogen-bond acceptors (Lipinski definition) is 8. The minimum atomic E-state index is -4.07. The lowest BCUT2D eigenvalue weighted by Crippen LogP contribution is -2.40. The monoisotopic (exact) mass is 488 g/mol. The molecule has 0 spiro atoms. The smallest absolute Gasteiger partial charge is 0.309 e. The SMILES string of the molecule is CCOC(=O)C1CCN(S(=O)(=O)c2cc(N3C(=O)C(C)CS3(=O)=O)ccc2OCC)CC1. The van der Waals surface area contributed by atoms with Crippen LogP contribution in [0.3, 0.4) is 0 Å². The molecule has 1 aromatic rings. The Morgan fingerprint density at radius 3 is 2.34 bits per heavy atom. The molecule has 0 N–H and O–H groups in total. The van der Waals surface area contributed by atoms with Crippen LogP contribution >= 0.6 is 0 Å². The molecule has 2 saturated heterocycles. The Balaban J connectivity index is 1.94. The Hall–Kier alpha value is -2.18. The summed E-state index contributed by atoms with van der Waals surface area (Å²) in [4.78, 5) is 24.2. The molecule has 2 heterocycles. The van der Waals surface area contributed by atoms with Gasteiger partial charge in [0.05, 0.1) is 36.5 Å². The number of sulfonamides is 2. The van der Waals surface area contributed by atoms with E-state index in [-0.39, 0.29) is 60.3 Å². The van der Waals surface area contributed by atoms with Crippen LogP contribution in [-0.4, -0.2) is 65.1 Å². The van der Waals surface area contributed by atoms with Gasteiger partial charge in [0.25, 0.3) is 0 Å². The van der Waals surface area contributed by atoms with E-state index in [1.807, 2.05) is 0 Å². The van der Waals surface area contributed by atoms with Gasteiger partial charge in [-0.15, -0.1) is 0 Å². The minimum Gasteiger partial charge on any atom is -0.492 e. The lowest BCUT2D eigenvalue weighted by molar-refractivity contribution is -0.149. The fourth-order valence-electron chi connectivity index (χ4n) is 3.92. The molecule has 10 nitrogen and oxygen atoms in total. The lowest BCUT2D eigenvalue weighted by Gasteiger charge is -2.30. The van der Waals surface area contributed by atoms with Crippen molar-refractivity contribution >= 4 is 37.6 Å². The van der Waals surface area contributed by atoms with Crippen LogP contribution in [0.15, 0.2) is 23.1 Å². The van der Waals surface area contributed by atoms with Crippen LogP contribution in [0.25, 0.3) is 0 Å². The molecule has 1 atom stereocenters. The third kappa shape index (κ3) is 4.62. The van der Waals surface area contributed by atoms with E-state index in [1.54, 1.807) is 13.8 Å². The first-order chi connectivity index (χ1) is 15.0.